The first-order chi connectivity index (χ1) is 16.9. The highest BCUT2D eigenvalue weighted by Gasteiger charge is 2.39. The summed E-state index contributed by atoms with van der Waals surface area (Å²) in [5.41, 5.74) is 0.0640. The molecule has 0 aromatic heterocycles. The third-order valence-electron chi connectivity index (χ3n) is 5.73. The van der Waals surface area contributed by atoms with Crippen LogP contribution in [0, 0.1) is 11.6 Å². The van der Waals surface area contributed by atoms with Crippen LogP contribution in [0.4, 0.5) is 28.4 Å². The summed E-state index contributed by atoms with van der Waals surface area (Å²) in [4.78, 5) is 26.7. The number of halogens is 3. The SMILES string of the molecule is CN(C(=O)OC(C)(C)C)C1CN(c2cc(F)c(CCNC(=O)OCc3ccccc3)cc2F)CC1F. The average molecular weight is 508 g/mol. The Hall–Kier alpha value is -3.43. The molecule has 0 bridgehead atoms. The monoisotopic (exact) mass is 507 g/mol. The third-order valence-corrected chi connectivity index (χ3v) is 5.73. The van der Waals surface area contributed by atoms with Crippen molar-refractivity contribution in [3.8, 4) is 0 Å². The third kappa shape index (κ3) is 7.29. The summed E-state index contributed by atoms with van der Waals surface area (Å²) in [7, 11) is 1.42. The Morgan fingerprint density at radius 1 is 1.11 bits per heavy atom. The summed E-state index contributed by atoms with van der Waals surface area (Å²) >= 11 is 0. The number of anilines is 1. The number of likely N-dealkylation sites (N-methyl/N-ethyl adjacent to an activating group) is 1. The van der Waals surface area contributed by atoms with E-state index >= 15 is 0 Å². The number of ether oxygens (including phenoxy) is 2. The molecule has 2 aromatic rings. The van der Waals surface area contributed by atoms with E-state index in [2.05, 4.69) is 5.32 Å². The minimum absolute atomic E-state index is 0.0125. The van der Waals surface area contributed by atoms with Crippen molar-refractivity contribution >= 4 is 17.9 Å². The van der Waals surface area contributed by atoms with Crippen LogP contribution in [0.15, 0.2) is 42.5 Å². The Balaban J connectivity index is 1.55. The van der Waals surface area contributed by atoms with Gasteiger partial charge in [-0.1, -0.05) is 30.3 Å². The van der Waals surface area contributed by atoms with Gasteiger partial charge in [-0.3, -0.25) is 0 Å². The minimum Gasteiger partial charge on any atom is -0.445 e. The highest BCUT2D eigenvalue weighted by Crippen LogP contribution is 2.30. The summed E-state index contributed by atoms with van der Waals surface area (Å²) in [6.07, 6.45) is -2.77. The standard InChI is InChI=1S/C26H32F3N3O4/c1-26(2,3)36-25(34)31(4)23-15-32(14-21(23)29)22-13-19(27)18(12-20(22)28)10-11-30-24(33)35-16-17-8-6-5-7-9-17/h5-9,12-13,21,23H,10-11,14-16H2,1-4H3,(H,30,33). The second-order valence-corrected chi connectivity index (χ2v) is 9.71. The lowest BCUT2D eigenvalue weighted by Crippen LogP contribution is -2.45. The van der Waals surface area contributed by atoms with E-state index in [0.29, 0.717) is 0 Å². The van der Waals surface area contributed by atoms with E-state index in [0.717, 1.165) is 22.6 Å². The summed E-state index contributed by atoms with van der Waals surface area (Å²) in [5, 5.41) is 2.51. The van der Waals surface area contributed by atoms with Crippen molar-refractivity contribution in [2.75, 3.05) is 31.6 Å². The molecule has 3 rings (SSSR count). The molecule has 1 N–H and O–H groups in total. The van der Waals surface area contributed by atoms with Crippen LogP contribution in [0.5, 0.6) is 0 Å². The first kappa shape index (κ1) is 27.2. The number of hydrogen-bond acceptors (Lipinski definition) is 5. The predicted molar refractivity (Wildman–Crippen MR) is 130 cm³/mol. The van der Waals surface area contributed by atoms with Crippen LogP contribution in [-0.2, 0) is 22.5 Å². The van der Waals surface area contributed by atoms with Gasteiger partial charge >= 0.3 is 12.2 Å². The zero-order valence-corrected chi connectivity index (χ0v) is 20.9. The molecule has 0 radical (unpaired) electrons. The fourth-order valence-electron chi connectivity index (χ4n) is 3.86. The number of alkyl halides is 1. The molecule has 0 aliphatic carbocycles. The maximum Gasteiger partial charge on any atom is 0.410 e. The average Bonchev–Trinajstić information content (AvgIpc) is 3.19. The molecular weight excluding hydrogens is 475 g/mol. The van der Waals surface area contributed by atoms with Crippen LogP contribution in [0.3, 0.4) is 0 Å². The van der Waals surface area contributed by atoms with Gasteiger partial charge in [0.05, 0.1) is 18.3 Å². The van der Waals surface area contributed by atoms with Crippen molar-refractivity contribution in [3.05, 3.63) is 65.2 Å². The summed E-state index contributed by atoms with van der Waals surface area (Å²) in [6.45, 7) is 5.05. The van der Waals surface area contributed by atoms with Gasteiger partial charge in [-0.2, -0.15) is 0 Å². The normalized spacial score (nSPS) is 17.6. The van der Waals surface area contributed by atoms with Crippen LogP contribution in [0.25, 0.3) is 0 Å². The van der Waals surface area contributed by atoms with Gasteiger partial charge in [0, 0.05) is 26.2 Å². The number of carbonyl (C=O) groups excluding carboxylic acids is 2. The van der Waals surface area contributed by atoms with Crippen LogP contribution >= 0.6 is 0 Å². The maximum absolute atomic E-state index is 14.9. The Morgan fingerprint density at radius 3 is 2.47 bits per heavy atom. The van der Waals surface area contributed by atoms with Crippen molar-refractivity contribution in [3.63, 3.8) is 0 Å². The van der Waals surface area contributed by atoms with E-state index < -0.39 is 41.6 Å². The zero-order valence-electron chi connectivity index (χ0n) is 20.9. The van der Waals surface area contributed by atoms with Crippen LogP contribution in [-0.4, -0.2) is 61.6 Å². The van der Waals surface area contributed by atoms with Crippen molar-refractivity contribution < 1.29 is 32.2 Å². The van der Waals surface area contributed by atoms with Crippen LogP contribution in [0.1, 0.15) is 31.9 Å². The zero-order chi connectivity index (χ0) is 26.5. The number of carbonyl (C=O) groups is 2. The molecule has 1 saturated heterocycles. The molecule has 1 aliphatic rings. The lowest BCUT2D eigenvalue weighted by Gasteiger charge is -2.29. The molecule has 2 amide bonds. The van der Waals surface area contributed by atoms with Gasteiger partial charge < -0.3 is 24.6 Å². The van der Waals surface area contributed by atoms with Crippen molar-refractivity contribution in [2.45, 2.75) is 51.6 Å². The van der Waals surface area contributed by atoms with E-state index in [9.17, 15) is 22.8 Å². The van der Waals surface area contributed by atoms with E-state index in [-0.39, 0.29) is 43.9 Å². The number of hydrogen-bond donors (Lipinski definition) is 1. The van der Waals surface area contributed by atoms with E-state index in [1.165, 1.54) is 11.9 Å². The van der Waals surface area contributed by atoms with E-state index in [1.807, 2.05) is 30.3 Å². The van der Waals surface area contributed by atoms with Crippen molar-refractivity contribution in [1.29, 1.82) is 0 Å². The van der Waals surface area contributed by atoms with E-state index in [1.54, 1.807) is 20.8 Å². The maximum atomic E-state index is 14.9. The second kappa shape index (κ2) is 11.5. The topological polar surface area (TPSA) is 71.1 Å². The van der Waals surface area contributed by atoms with Gasteiger partial charge in [0.1, 0.15) is 30.0 Å². The number of rotatable bonds is 7. The number of nitrogens with zero attached hydrogens (tertiary/aromatic N) is 2. The van der Waals surface area contributed by atoms with E-state index in [4.69, 9.17) is 9.47 Å². The number of alkyl carbamates (subject to hydrolysis) is 1. The largest absolute Gasteiger partial charge is 0.445 e. The molecule has 1 heterocycles. The molecule has 2 atom stereocenters. The summed E-state index contributed by atoms with van der Waals surface area (Å²) in [6, 6.07) is 10.3. The Morgan fingerprint density at radius 2 is 1.81 bits per heavy atom. The molecule has 1 aliphatic heterocycles. The smallest absolute Gasteiger partial charge is 0.410 e. The van der Waals surface area contributed by atoms with Gasteiger partial charge in [0.25, 0.3) is 0 Å². The molecule has 1 fully saturated rings. The molecular formula is C26H32F3N3O4. The molecule has 10 heteroatoms. The van der Waals surface area contributed by atoms with Gasteiger partial charge in [-0.05, 0) is 44.4 Å². The van der Waals surface area contributed by atoms with Gasteiger partial charge in [0.15, 0.2) is 0 Å². The first-order valence-corrected chi connectivity index (χ1v) is 11.7. The highest BCUT2D eigenvalue weighted by atomic mass is 19.1. The first-order valence-electron chi connectivity index (χ1n) is 11.7. The van der Waals surface area contributed by atoms with Crippen LogP contribution < -0.4 is 10.2 Å². The van der Waals surface area contributed by atoms with Gasteiger partial charge in [0.2, 0.25) is 0 Å². The molecule has 196 valence electrons. The predicted octanol–water partition coefficient (Wildman–Crippen LogP) is 4.83. The number of benzene rings is 2. The van der Waals surface area contributed by atoms with Gasteiger partial charge in [-0.25, -0.2) is 22.8 Å². The molecule has 0 spiro atoms. The lowest BCUT2D eigenvalue weighted by molar-refractivity contribution is 0.0183. The quantitative estimate of drug-likeness (QED) is 0.582. The Bertz CT molecular complexity index is 1060. The van der Waals surface area contributed by atoms with Crippen LogP contribution in [0.2, 0.25) is 0 Å². The molecule has 36 heavy (non-hydrogen) atoms. The van der Waals surface area contributed by atoms with Gasteiger partial charge in [-0.15, -0.1) is 0 Å². The molecule has 2 aromatic carbocycles. The second-order valence-electron chi connectivity index (χ2n) is 9.71. The highest BCUT2D eigenvalue weighted by molar-refractivity contribution is 5.69. The Kier molecular flexibility index (Phi) is 8.70. The molecule has 0 saturated carbocycles. The number of nitrogens with one attached hydrogen (secondary N) is 1. The summed E-state index contributed by atoms with van der Waals surface area (Å²) < 4.78 is 54.7. The minimum atomic E-state index is -1.46. The lowest BCUT2D eigenvalue weighted by atomic mass is 10.1. The fraction of sp³-hybridized carbons (Fsp3) is 0.462. The van der Waals surface area contributed by atoms with Crippen molar-refractivity contribution in [1.82, 2.24) is 10.2 Å². The molecule has 7 nitrogen and oxygen atoms in total. The Labute approximate surface area is 209 Å². The molecule has 2 unspecified atom stereocenters. The number of amides is 2. The fourth-order valence-corrected chi connectivity index (χ4v) is 3.86. The van der Waals surface area contributed by atoms with Crippen molar-refractivity contribution in [2.24, 2.45) is 0 Å². The summed E-state index contributed by atoms with van der Waals surface area (Å²) in [5.74, 6) is -1.39.